The van der Waals surface area contributed by atoms with Crippen molar-refractivity contribution in [3.05, 3.63) is 74.4 Å². The van der Waals surface area contributed by atoms with E-state index in [9.17, 15) is 9.59 Å². The molecule has 0 bridgehead atoms. The Morgan fingerprint density at radius 2 is 1.77 bits per heavy atom. The highest BCUT2D eigenvalue weighted by Crippen LogP contribution is 2.43. The van der Waals surface area contributed by atoms with E-state index in [0.717, 1.165) is 0 Å². The lowest BCUT2D eigenvalue weighted by atomic mass is 10.1. The lowest BCUT2D eigenvalue weighted by Crippen LogP contribution is -2.10. The Labute approximate surface area is 192 Å². The first-order valence-electron chi connectivity index (χ1n) is 9.14. The second-order valence-electron chi connectivity index (χ2n) is 6.25. The summed E-state index contributed by atoms with van der Waals surface area (Å²) >= 11 is 4.80. The van der Waals surface area contributed by atoms with Crippen LogP contribution >= 0.6 is 27.3 Å². The first kappa shape index (κ1) is 22.6. The second-order valence-corrected chi connectivity index (χ2v) is 7.99. The molecule has 3 rings (SSSR count). The van der Waals surface area contributed by atoms with E-state index < -0.39 is 0 Å². The van der Waals surface area contributed by atoms with E-state index in [1.807, 2.05) is 11.4 Å². The number of benzene rings is 2. The molecule has 8 heteroatoms. The van der Waals surface area contributed by atoms with Gasteiger partial charge in [-0.1, -0.05) is 18.2 Å². The molecule has 0 radical (unpaired) electrons. The van der Waals surface area contributed by atoms with Crippen molar-refractivity contribution < 1.29 is 23.8 Å². The third-order valence-corrected chi connectivity index (χ3v) is 6.00. The van der Waals surface area contributed by atoms with Gasteiger partial charge in [-0.2, -0.15) is 0 Å². The average molecular weight is 502 g/mol. The Morgan fingerprint density at radius 3 is 2.42 bits per heavy atom. The number of hydrogen-bond donors (Lipinski definition) is 1. The first-order chi connectivity index (χ1) is 15.0. The summed E-state index contributed by atoms with van der Waals surface area (Å²) in [5.74, 6) is 1.08. The van der Waals surface area contributed by atoms with Crippen molar-refractivity contribution in [3.63, 3.8) is 0 Å². The maximum Gasteiger partial charge on any atom is 0.265 e. The maximum absolute atomic E-state index is 12.8. The molecule has 0 aliphatic carbocycles. The van der Waals surface area contributed by atoms with Gasteiger partial charge in [0, 0.05) is 17.3 Å². The Kier molecular flexibility index (Phi) is 7.49. The smallest absolute Gasteiger partial charge is 0.265 e. The predicted octanol–water partition coefficient (Wildman–Crippen LogP) is 5.68. The van der Waals surface area contributed by atoms with Gasteiger partial charge < -0.3 is 19.5 Å². The van der Waals surface area contributed by atoms with Gasteiger partial charge in [0.2, 0.25) is 0 Å². The zero-order valence-electron chi connectivity index (χ0n) is 17.1. The summed E-state index contributed by atoms with van der Waals surface area (Å²) in [7, 11) is 4.60. The summed E-state index contributed by atoms with van der Waals surface area (Å²) in [6.07, 6.45) is 3.06. The summed E-state index contributed by atoms with van der Waals surface area (Å²) in [5.41, 5.74) is 1.57. The Balaban J connectivity index is 1.85. The molecule has 0 fully saturated rings. The fourth-order valence-electron chi connectivity index (χ4n) is 2.88. The minimum absolute atomic E-state index is 0.215. The molecule has 0 aliphatic heterocycles. The van der Waals surface area contributed by atoms with Crippen molar-refractivity contribution in [3.8, 4) is 17.2 Å². The Morgan fingerprint density at radius 1 is 1.00 bits per heavy atom. The van der Waals surface area contributed by atoms with Gasteiger partial charge >= 0.3 is 0 Å². The standard InChI is InChI=1S/C23H20BrNO5S/c1-28-18-13-19(29-2)21(24)22(30-3)16(18)9-10-17(26)14-6-4-7-15(12-14)25-23(27)20-8-5-11-31-20/h4-13H,1-3H3,(H,25,27)/b10-9+. The summed E-state index contributed by atoms with van der Waals surface area (Å²) in [5, 5.41) is 4.64. The Hall–Kier alpha value is -3.10. The van der Waals surface area contributed by atoms with Crippen LogP contribution in [0.1, 0.15) is 25.6 Å². The molecular formula is C23H20BrNO5S. The van der Waals surface area contributed by atoms with E-state index in [1.165, 1.54) is 31.6 Å². The summed E-state index contributed by atoms with van der Waals surface area (Å²) in [6, 6.07) is 12.0. The molecule has 2 aromatic carbocycles. The molecule has 0 aliphatic rings. The van der Waals surface area contributed by atoms with Crippen molar-refractivity contribution in [2.45, 2.75) is 0 Å². The molecule has 6 nitrogen and oxygen atoms in total. The second kappa shape index (κ2) is 10.3. The average Bonchev–Trinajstić information content (AvgIpc) is 3.33. The Bertz CT molecular complexity index is 1130. The monoisotopic (exact) mass is 501 g/mol. The van der Waals surface area contributed by atoms with Gasteiger partial charge in [0.05, 0.1) is 31.8 Å². The van der Waals surface area contributed by atoms with Crippen LogP contribution in [0.25, 0.3) is 6.08 Å². The number of thiophene rings is 1. The number of methoxy groups -OCH3 is 3. The van der Waals surface area contributed by atoms with Gasteiger partial charge in [-0.15, -0.1) is 11.3 Å². The fraction of sp³-hybridized carbons (Fsp3) is 0.130. The number of hydrogen-bond acceptors (Lipinski definition) is 6. The van der Waals surface area contributed by atoms with Crippen LogP contribution < -0.4 is 19.5 Å². The van der Waals surface area contributed by atoms with Gasteiger partial charge in [-0.25, -0.2) is 0 Å². The van der Waals surface area contributed by atoms with E-state index >= 15 is 0 Å². The van der Waals surface area contributed by atoms with Crippen LogP contribution in [0, 0.1) is 0 Å². The highest BCUT2D eigenvalue weighted by atomic mass is 79.9. The molecule has 1 heterocycles. The highest BCUT2D eigenvalue weighted by Gasteiger charge is 2.17. The largest absolute Gasteiger partial charge is 0.496 e. The number of ketones is 1. The molecule has 160 valence electrons. The molecule has 3 aromatic rings. The number of halogens is 1. The molecule has 1 N–H and O–H groups in total. The quantitative estimate of drug-likeness (QED) is 0.317. The molecule has 0 atom stereocenters. The first-order valence-corrected chi connectivity index (χ1v) is 10.8. The minimum Gasteiger partial charge on any atom is -0.496 e. The molecule has 31 heavy (non-hydrogen) atoms. The van der Waals surface area contributed by atoms with Crippen molar-refractivity contribution >= 4 is 50.7 Å². The van der Waals surface area contributed by atoms with E-state index in [1.54, 1.807) is 49.6 Å². The fourth-order valence-corrected chi connectivity index (χ4v) is 4.15. The van der Waals surface area contributed by atoms with Gasteiger partial charge in [-0.3, -0.25) is 9.59 Å². The topological polar surface area (TPSA) is 73.9 Å². The van der Waals surface area contributed by atoms with Crippen LogP contribution in [0.5, 0.6) is 17.2 Å². The number of allylic oxidation sites excluding steroid dienone is 1. The SMILES string of the molecule is COc1cc(OC)c(/C=C/C(=O)c2cccc(NC(=O)c3cccs3)c2)c(OC)c1Br. The predicted molar refractivity (Wildman–Crippen MR) is 126 cm³/mol. The number of carbonyl (C=O) groups is 2. The van der Waals surface area contributed by atoms with Crippen molar-refractivity contribution in [1.82, 2.24) is 0 Å². The minimum atomic E-state index is -0.233. The normalized spacial score (nSPS) is 10.7. The summed E-state index contributed by atoms with van der Waals surface area (Å²) in [6.45, 7) is 0. The van der Waals surface area contributed by atoms with Crippen LogP contribution in [0.3, 0.4) is 0 Å². The van der Waals surface area contributed by atoms with Crippen molar-refractivity contribution in [1.29, 1.82) is 0 Å². The van der Waals surface area contributed by atoms with Crippen LogP contribution in [-0.2, 0) is 0 Å². The van der Waals surface area contributed by atoms with E-state index in [4.69, 9.17) is 14.2 Å². The van der Waals surface area contributed by atoms with Crippen LogP contribution in [0.2, 0.25) is 0 Å². The summed E-state index contributed by atoms with van der Waals surface area (Å²) in [4.78, 5) is 25.6. The molecule has 0 saturated heterocycles. The molecule has 0 saturated carbocycles. The third-order valence-electron chi connectivity index (χ3n) is 4.38. The van der Waals surface area contributed by atoms with Gasteiger partial charge in [0.25, 0.3) is 5.91 Å². The van der Waals surface area contributed by atoms with Crippen molar-refractivity contribution in [2.24, 2.45) is 0 Å². The molecule has 1 amide bonds. The zero-order chi connectivity index (χ0) is 22.4. The number of amides is 1. The number of ether oxygens (including phenoxy) is 3. The van der Waals surface area contributed by atoms with E-state index in [0.29, 0.717) is 43.4 Å². The molecule has 1 aromatic heterocycles. The highest BCUT2D eigenvalue weighted by molar-refractivity contribution is 9.10. The summed E-state index contributed by atoms with van der Waals surface area (Å²) < 4.78 is 16.8. The van der Waals surface area contributed by atoms with Gasteiger partial charge in [0.15, 0.2) is 5.78 Å². The lowest BCUT2D eigenvalue weighted by Gasteiger charge is -2.15. The van der Waals surface area contributed by atoms with Crippen LogP contribution in [0.15, 0.2) is 58.4 Å². The van der Waals surface area contributed by atoms with Gasteiger partial charge in [0.1, 0.15) is 21.7 Å². The number of anilines is 1. The molecule has 0 unspecified atom stereocenters. The number of nitrogens with one attached hydrogen (secondary N) is 1. The third kappa shape index (κ3) is 5.15. The lowest BCUT2D eigenvalue weighted by molar-refractivity contribution is 0.102. The number of carbonyl (C=O) groups excluding carboxylic acids is 2. The van der Waals surface area contributed by atoms with E-state index in [-0.39, 0.29) is 11.7 Å². The van der Waals surface area contributed by atoms with Crippen LogP contribution in [0.4, 0.5) is 5.69 Å². The zero-order valence-corrected chi connectivity index (χ0v) is 19.5. The van der Waals surface area contributed by atoms with E-state index in [2.05, 4.69) is 21.2 Å². The van der Waals surface area contributed by atoms with Crippen LogP contribution in [-0.4, -0.2) is 33.0 Å². The van der Waals surface area contributed by atoms with Crippen molar-refractivity contribution in [2.75, 3.05) is 26.6 Å². The molecule has 0 spiro atoms. The molecular weight excluding hydrogens is 482 g/mol. The maximum atomic E-state index is 12.8. The van der Waals surface area contributed by atoms with Gasteiger partial charge in [-0.05, 0) is 51.7 Å². The number of rotatable bonds is 8.